The van der Waals surface area contributed by atoms with Crippen molar-refractivity contribution in [2.75, 3.05) is 13.1 Å². The fraction of sp³-hybridized carbons (Fsp3) is 0.217. The highest BCUT2D eigenvalue weighted by Crippen LogP contribution is 2.33. The number of amides is 1. The fourth-order valence-corrected chi connectivity index (χ4v) is 4.21. The number of fused-ring (bicyclic) bond motifs is 1. The molecule has 0 bridgehead atoms. The van der Waals surface area contributed by atoms with E-state index in [0.717, 1.165) is 47.1 Å². The van der Waals surface area contributed by atoms with Gasteiger partial charge < -0.3 is 9.88 Å². The van der Waals surface area contributed by atoms with Crippen molar-refractivity contribution in [1.29, 1.82) is 0 Å². The van der Waals surface area contributed by atoms with Gasteiger partial charge in [0.05, 0.1) is 6.20 Å². The number of para-hydroxylation sites is 1. The summed E-state index contributed by atoms with van der Waals surface area (Å²) < 4.78 is 0. The minimum atomic E-state index is 0.0710. The Morgan fingerprint density at radius 2 is 1.89 bits per heavy atom. The van der Waals surface area contributed by atoms with Gasteiger partial charge in [0.15, 0.2) is 0 Å². The Morgan fingerprint density at radius 1 is 1.07 bits per heavy atom. The topological polar surface area (TPSA) is 64.8 Å². The lowest BCUT2D eigenvalue weighted by atomic mass is 9.90. The molecule has 5 heteroatoms. The van der Waals surface area contributed by atoms with E-state index in [1.54, 1.807) is 0 Å². The first-order chi connectivity index (χ1) is 13.8. The van der Waals surface area contributed by atoms with Gasteiger partial charge >= 0.3 is 0 Å². The van der Waals surface area contributed by atoms with Crippen LogP contribution in [0.3, 0.4) is 0 Å². The van der Waals surface area contributed by atoms with Gasteiger partial charge in [-0.3, -0.25) is 9.89 Å². The molecular weight excluding hydrogens is 348 g/mol. The molecule has 0 saturated carbocycles. The Labute approximate surface area is 163 Å². The Morgan fingerprint density at radius 3 is 2.75 bits per heavy atom. The van der Waals surface area contributed by atoms with Crippen molar-refractivity contribution in [2.24, 2.45) is 0 Å². The van der Waals surface area contributed by atoms with E-state index in [1.807, 2.05) is 59.6 Å². The molecule has 2 aromatic carbocycles. The highest BCUT2D eigenvalue weighted by molar-refractivity contribution is 5.98. The molecule has 1 fully saturated rings. The van der Waals surface area contributed by atoms with Crippen LogP contribution in [0, 0.1) is 0 Å². The van der Waals surface area contributed by atoms with Crippen LogP contribution < -0.4 is 0 Å². The van der Waals surface area contributed by atoms with Gasteiger partial charge in [-0.05, 0) is 30.5 Å². The molecular formula is C23H22N4O. The molecule has 1 aliphatic rings. The Balaban J connectivity index is 1.40. The zero-order valence-electron chi connectivity index (χ0n) is 15.6. The number of carbonyl (C=O) groups excluding carboxylic acids is 1. The zero-order valence-corrected chi connectivity index (χ0v) is 15.6. The van der Waals surface area contributed by atoms with Gasteiger partial charge in [0.2, 0.25) is 0 Å². The van der Waals surface area contributed by atoms with Gasteiger partial charge in [-0.1, -0.05) is 48.5 Å². The Hall–Kier alpha value is -3.34. The number of carbonyl (C=O) groups is 1. The minimum Gasteiger partial charge on any atom is -0.351 e. The summed E-state index contributed by atoms with van der Waals surface area (Å²) in [6.07, 6.45) is 3.94. The van der Waals surface area contributed by atoms with Crippen LogP contribution in [0.25, 0.3) is 22.0 Å². The van der Waals surface area contributed by atoms with E-state index < -0.39 is 0 Å². The Bertz CT molecular complexity index is 1080. The lowest BCUT2D eigenvalue weighted by molar-refractivity contribution is 0.0701. The molecule has 1 amide bonds. The van der Waals surface area contributed by atoms with Crippen molar-refractivity contribution < 1.29 is 4.79 Å². The van der Waals surface area contributed by atoms with Crippen LogP contribution in [0.15, 0.2) is 66.9 Å². The van der Waals surface area contributed by atoms with E-state index >= 15 is 0 Å². The number of nitrogens with one attached hydrogen (secondary N) is 2. The van der Waals surface area contributed by atoms with E-state index in [9.17, 15) is 4.79 Å². The lowest BCUT2D eigenvalue weighted by Crippen LogP contribution is -2.39. The third-order valence-electron chi connectivity index (χ3n) is 5.63. The number of aromatic nitrogens is 3. The Kier molecular flexibility index (Phi) is 4.20. The first-order valence-electron chi connectivity index (χ1n) is 9.75. The van der Waals surface area contributed by atoms with Crippen LogP contribution in [0.2, 0.25) is 0 Å². The number of likely N-dealkylation sites (tertiary alicyclic amines) is 1. The molecule has 1 atom stereocenters. The van der Waals surface area contributed by atoms with Crippen molar-refractivity contribution >= 4 is 16.8 Å². The summed E-state index contributed by atoms with van der Waals surface area (Å²) in [6, 6.07) is 20.3. The maximum atomic E-state index is 13.1. The van der Waals surface area contributed by atoms with Crippen LogP contribution in [0.4, 0.5) is 0 Å². The van der Waals surface area contributed by atoms with Gasteiger partial charge in [-0.2, -0.15) is 5.10 Å². The van der Waals surface area contributed by atoms with E-state index in [0.29, 0.717) is 12.2 Å². The van der Waals surface area contributed by atoms with E-state index in [4.69, 9.17) is 0 Å². The smallest absolute Gasteiger partial charge is 0.270 e. The van der Waals surface area contributed by atoms with Gasteiger partial charge in [0.25, 0.3) is 5.91 Å². The monoisotopic (exact) mass is 370 g/mol. The highest BCUT2D eigenvalue weighted by Gasteiger charge is 2.28. The molecule has 4 aromatic rings. The normalized spacial score (nSPS) is 17.1. The van der Waals surface area contributed by atoms with Crippen molar-refractivity contribution in [3.63, 3.8) is 0 Å². The summed E-state index contributed by atoms with van der Waals surface area (Å²) in [6.45, 7) is 1.50. The largest absolute Gasteiger partial charge is 0.351 e. The second kappa shape index (κ2) is 7.00. The molecule has 140 valence electrons. The number of hydrogen-bond acceptors (Lipinski definition) is 2. The molecule has 0 aliphatic carbocycles. The maximum absolute atomic E-state index is 13.1. The van der Waals surface area contributed by atoms with E-state index in [-0.39, 0.29) is 11.8 Å². The van der Waals surface area contributed by atoms with Crippen LogP contribution in [0.5, 0.6) is 0 Å². The van der Waals surface area contributed by atoms with E-state index in [1.165, 1.54) is 0 Å². The average Bonchev–Trinajstić information content (AvgIpc) is 3.41. The summed E-state index contributed by atoms with van der Waals surface area (Å²) in [5.41, 5.74) is 5.07. The van der Waals surface area contributed by atoms with Crippen molar-refractivity contribution in [2.45, 2.75) is 18.8 Å². The number of benzene rings is 2. The van der Waals surface area contributed by atoms with Crippen LogP contribution in [0.1, 0.15) is 34.9 Å². The summed E-state index contributed by atoms with van der Waals surface area (Å²) >= 11 is 0. The quantitative estimate of drug-likeness (QED) is 0.554. The molecule has 2 aromatic heterocycles. The number of hydrogen-bond donors (Lipinski definition) is 2. The summed E-state index contributed by atoms with van der Waals surface area (Å²) in [7, 11) is 0. The van der Waals surface area contributed by atoms with Crippen LogP contribution in [-0.4, -0.2) is 39.1 Å². The third-order valence-corrected chi connectivity index (χ3v) is 5.63. The van der Waals surface area contributed by atoms with Crippen LogP contribution in [-0.2, 0) is 0 Å². The lowest BCUT2D eigenvalue weighted by Gasteiger charge is -2.32. The zero-order chi connectivity index (χ0) is 18.9. The van der Waals surface area contributed by atoms with Gasteiger partial charge in [0.1, 0.15) is 5.69 Å². The molecule has 5 nitrogen and oxygen atoms in total. The average molecular weight is 370 g/mol. The molecule has 3 heterocycles. The van der Waals surface area contributed by atoms with E-state index in [2.05, 4.69) is 27.3 Å². The van der Waals surface area contributed by atoms with Crippen molar-refractivity contribution in [1.82, 2.24) is 20.1 Å². The number of piperidine rings is 1. The van der Waals surface area contributed by atoms with Gasteiger partial charge in [-0.25, -0.2) is 0 Å². The van der Waals surface area contributed by atoms with Crippen molar-refractivity contribution in [3.05, 3.63) is 78.2 Å². The number of rotatable bonds is 3. The third kappa shape index (κ3) is 2.99. The number of H-pyrrole nitrogens is 2. The first-order valence-corrected chi connectivity index (χ1v) is 9.75. The predicted octanol–water partition coefficient (Wildman–Crippen LogP) is 4.58. The highest BCUT2D eigenvalue weighted by atomic mass is 16.2. The fourth-order valence-electron chi connectivity index (χ4n) is 4.21. The second-order valence-corrected chi connectivity index (χ2v) is 7.42. The summed E-state index contributed by atoms with van der Waals surface area (Å²) in [5.74, 6) is 0.335. The second-order valence-electron chi connectivity index (χ2n) is 7.42. The maximum Gasteiger partial charge on any atom is 0.270 e. The minimum absolute atomic E-state index is 0.0710. The molecule has 1 unspecified atom stereocenters. The molecule has 0 radical (unpaired) electrons. The molecule has 1 aliphatic heterocycles. The van der Waals surface area contributed by atoms with Crippen molar-refractivity contribution in [3.8, 4) is 11.1 Å². The molecule has 28 heavy (non-hydrogen) atoms. The van der Waals surface area contributed by atoms with Gasteiger partial charge in [0, 0.05) is 41.2 Å². The van der Waals surface area contributed by atoms with Crippen LogP contribution >= 0.6 is 0 Å². The standard InChI is InChI=1S/C23H22N4O/c28-23(21-13-17-9-4-5-11-20(17)25-21)27-12-6-10-18(15-27)22-19(14-24-26-22)16-7-2-1-3-8-16/h1-5,7-9,11,13-14,18,25H,6,10,12,15H2,(H,24,26). The summed E-state index contributed by atoms with van der Waals surface area (Å²) in [5, 5.41) is 8.56. The first kappa shape index (κ1) is 16.8. The number of nitrogens with zero attached hydrogens (tertiary/aromatic N) is 2. The molecule has 2 N–H and O–H groups in total. The molecule has 0 spiro atoms. The predicted molar refractivity (Wildman–Crippen MR) is 110 cm³/mol. The summed E-state index contributed by atoms with van der Waals surface area (Å²) in [4.78, 5) is 18.3. The SMILES string of the molecule is O=C(c1cc2ccccc2[nH]1)N1CCCC(c2[nH]ncc2-c2ccccc2)C1. The molecule has 1 saturated heterocycles. The number of aromatic amines is 2. The van der Waals surface area contributed by atoms with Gasteiger partial charge in [-0.15, -0.1) is 0 Å². The molecule has 5 rings (SSSR count).